The predicted octanol–water partition coefficient (Wildman–Crippen LogP) is 4.94. The Hall–Kier alpha value is -3.79. The maximum Gasteiger partial charge on any atom is 0.253 e. The highest BCUT2D eigenvalue weighted by molar-refractivity contribution is 8.00. The van der Waals surface area contributed by atoms with Crippen molar-refractivity contribution >= 4 is 34.3 Å². The van der Waals surface area contributed by atoms with Gasteiger partial charge in [0, 0.05) is 24.9 Å². The van der Waals surface area contributed by atoms with Crippen molar-refractivity contribution in [1.29, 1.82) is 0 Å². The van der Waals surface area contributed by atoms with Gasteiger partial charge in [0.05, 0.1) is 49.9 Å². The molecule has 1 aromatic heterocycles. The van der Waals surface area contributed by atoms with E-state index in [0.29, 0.717) is 13.0 Å². The average molecular weight is 554 g/mol. The summed E-state index contributed by atoms with van der Waals surface area (Å²) < 4.78 is 10.8. The summed E-state index contributed by atoms with van der Waals surface area (Å²) in [6, 6.07) is 25.7. The molecule has 0 aliphatic carbocycles. The molecular formula is C31H31N5O3S. The number of aromatic nitrogens is 2. The van der Waals surface area contributed by atoms with Crippen LogP contribution in [0.3, 0.4) is 0 Å². The van der Waals surface area contributed by atoms with E-state index in [0.717, 1.165) is 70.6 Å². The van der Waals surface area contributed by atoms with Crippen LogP contribution >= 0.6 is 11.8 Å². The van der Waals surface area contributed by atoms with Gasteiger partial charge in [-0.1, -0.05) is 72.4 Å². The van der Waals surface area contributed by atoms with Crippen molar-refractivity contribution in [3.63, 3.8) is 0 Å². The average Bonchev–Trinajstić information content (AvgIpc) is 3.46. The van der Waals surface area contributed by atoms with Gasteiger partial charge in [0.2, 0.25) is 0 Å². The zero-order chi connectivity index (χ0) is 27.3. The minimum atomic E-state index is -0.187. The summed E-state index contributed by atoms with van der Waals surface area (Å²) in [5, 5.41) is 8.25. The van der Waals surface area contributed by atoms with Crippen LogP contribution in [0.5, 0.6) is 5.75 Å². The number of carbonyl (C=O) groups is 1. The molecule has 9 heteroatoms. The molecular weight excluding hydrogens is 522 g/mol. The number of methoxy groups -OCH3 is 1. The topological polar surface area (TPSA) is 80.2 Å². The van der Waals surface area contributed by atoms with Crippen LogP contribution in [0.1, 0.15) is 29.4 Å². The second kappa shape index (κ2) is 12.2. The zero-order valence-corrected chi connectivity index (χ0v) is 23.2. The van der Waals surface area contributed by atoms with Crippen LogP contribution in [0.15, 0.2) is 89.0 Å². The summed E-state index contributed by atoms with van der Waals surface area (Å²) in [6.07, 6.45) is 0.646. The molecule has 0 spiro atoms. The highest BCUT2D eigenvalue weighted by atomic mass is 32.2. The molecule has 8 nitrogen and oxygen atoms in total. The van der Waals surface area contributed by atoms with E-state index >= 15 is 0 Å². The van der Waals surface area contributed by atoms with Crippen LogP contribution in [0.25, 0.3) is 10.9 Å². The number of rotatable bonds is 8. The Balaban J connectivity index is 1.25. The summed E-state index contributed by atoms with van der Waals surface area (Å²) in [4.78, 5) is 25.8. The van der Waals surface area contributed by atoms with E-state index in [1.165, 1.54) is 11.8 Å². The summed E-state index contributed by atoms with van der Waals surface area (Å²) in [5.41, 5.74) is 3.84. The van der Waals surface area contributed by atoms with Gasteiger partial charge >= 0.3 is 0 Å². The number of hydrogen-bond acceptors (Lipinski definition) is 8. The molecule has 0 N–H and O–H groups in total. The number of fused-ring (bicyclic) bond motifs is 1. The van der Waals surface area contributed by atoms with Crippen molar-refractivity contribution in [3.05, 3.63) is 95.8 Å². The van der Waals surface area contributed by atoms with E-state index in [1.54, 1.807) is 12.1 Å². The largest absolute Gasteiger partial charge is 0.497 e. The maximum atomic E-state index is 13.7. The number of morpholine rings is 1. The van der Waals surface area contributed by atoms with E-state index in [-0.39, 0.29) is 17.7 Å². The predicted molar refractivity (Wildman–Crippen MR) is 157 cm³/mol. The van der Waals surface area contributed by atoms with Crippen molar-refractivity contribution in [2.45, 2.75) is 24.0 Å². The first-order valence-corrected chi connectivity index (χ1v) is 14.4. The molecule has 1 unspecified atom stereocenters. The standard InChI is InChI=1S/C31H31N5O3S/c1-38-24-13-11-23(12-14-24)28-19-27(22-7-3-2-4-8-22)34-36(28)30(37)21-40-31-25-9-5-6-10-26(25)32-29(33-31)20-35-15-17-39-18-16-35/h2-14,28H,15-21H2,1H3. The van der Waals surface area contributed by atoms with Crippen molar-refractivity contribution < 1.29 is 14.3 Å². The van der Waals surface area contributed by atoms with E-state index in [4.69, 9.17) is 24.5 Å². The third-order valence-electron chi connectivity index (χ3n) is 7.19. The third kappa shape index (κ3) is 5.86. The molecule has 0 radical (unpaired) electrons. The lowest BCUT2D eigenvalue weighted by Crippen LogP contribution is -2.36. The first-order valence-electron chi connectivity index (χ1n) is 13.5. The molecule has 1 fully saturated rings. The number of hydrazone groups is 1. The van der Waals surface area contributed by atoms with Gasteiger partial charge in [0.15, 0.2) is 0 Å². The van der Waals surface area contributed by atoms with Crippen LogP contribution in [0.2, 0.25) is 0 Å². The number of hydrogen-bond donors (Lipinski definition) is 0. The maximum absolute atomic E-state index is 13.7. The van der Waals surface area contributed by atoms with E-state index in [1.807, 2.05) is 78.9 Å². The Bertz CT molecular complexity index is 1510. The molecule has 0 bridgehead atoms. The molecule has 6 rings (SSSR count). The highest BCUT2D eigenvalue weighted by Crippen LogP contribution is 2.35. The lowest BCUT2D eigenvalue weighted by Gasteiger charge is -2.26. The van der Waals surface area contributed by atoms with Gasteiger partial charge in [-0.2, -0.15) is 5.10 Å². The molecule has 3 heterocycles. The van der Waals surface area contributed by atoms with Crippen molar-refractivity contribution in [2.75, 3.05) is 39.2 Å². The molecule has 1 amide bonds. The van der Waals surface area contributed by atoms with Crippen molar-refractivity contribution in [1.82, 2.24) is 19.9 Å². The smallest absolute Gasteiger partial charge is 0.253 e. The third-order valence-corrected chi connectivity index (χ3v) is 8.17. The Morgan fingerprint density at radius 3 is 2.50 bits per heavy atom. The molecule has 1 saturated heterocycles. The quantitative estimate of drug-likeness (QED) is 0.226. The molecule has 3 aromatic carbocycles. The normalized spacial score (nSPS) is 17.7. The second-order valence-corrected chi connectivity index (χ2v) is 10.7. The molecule has 40 heavy (non-hydrogen) atoms. The number of benzene rings is 3. The van der Waals surface area contributed by atoms with E-state index in [2.05, 4.69) is 4.90 Å². The van der Waals surface area contributed by atoms with Gasteiger partial charge in [-0.25, -0.2) is 15.0 Å². The van der Waals surface area contributed by atoms with Gasteiger partial charge in [0.25, 0.3) is 5.91 Å². The fourth-order valence-electron chi connectivity index (χ4n) is 5.06. The summed E-state index contributed by atoms with van der Waals surface area (Å²) in [6.45, 7) is 3.83. The highest BCUT2D eigenvalue weighted by Gasteiger charge is 2.33. The Kier molecular flexibility index (Phi) is 8.04. The fraction of sp³-hybridized carbons (Fsp3) is 0.290. The first kappa shape index (κ1) is 26.4. The molecule has 2 aliphatic rings. The lowest BCUT2D eigenvalue weighted by atomic mass is 9.98. The van der Waals surface area contributed by atoms with Crippen molar-refractivity contribution in [3.8, 4) is 5.75 Å². The SMILES string of the molecule is COc1ccc(C2CC(c3ccccc3)=NN2C(=O)CSc2nc(CN3CCOCC3)nc3ccccc23)cc1. The van der Waals surface area contributed by atoms with Gasteiger partial charge in [-0.05, 0) is 29.3 Å². The second-order valence-electron chi connectivity index (χ2n) is 9.78. The molecule has 1 atom stereocenters. The van der Waals surface area contributed by atoms with Gasteiger partial charge in [0.1, 0.15) is 16.6 Å². The summed E-state index contributed by atoms with van der Waals surface area (Å²) in [5.74, 6) is 1.70. The summed E-state index contributed by atoms with van der Waals surface area (Å²) >= 11 is 1.45. The monoisotopic (exact) mass is 553 g/mol. The van der Waals surface area contributed by atoms with Crippen LogP contribution in [0, 0.1) is 0 Å². The Morgan fingerprint density at radius 2 is 1.73 bits per heavy atom. The molecule has 4 aromatic rings. The Labute approximate surface area is 238 Å². The number of thioether (sulfide) groups is 1. The lowest BCUT2D eigenvalue weighted by molar-refractivity contribution is -0.130. The Morgan fingerprint density at radius 1 is 0.975 bits per heavy atom. The molecule has 204 valence electrons. The minimum absolute atomic E-state index is 0.0610. The number of amides is 1. The van der Waals surface area contributed by atoms with Crippen LogP contribution < -0.4 is 4.74 Å². The molecule has 0 saturated carbocycles. The van der Waals surface area contributed by atoms with Gasteiger partial charge in [-0.3, -0.25) is 9.69 Å². The molecule has 2 aliphatic heterocycles. The first-order chi connectivity index (χ1) is 19.7. The number of para-hydroxylation sites is 1. The van der Waals surface area contributed by atoms with E-state index in [9.17, 15) is 4.79 Å². The number of carbonyl (C=O) groups excluding carboxylic acids is 1. The number of nitrogens with zero attached hydrogens (tertiary/aromatic N) is 5. The van der Waals surface area contributed by atoms with Gasteiger partial charge < -0.3 is 9.47 Å². The van der Waals surface area contributed by atoms with Gasteiger partial charge in [-0.15, -0.1) is 0 Å². The van der Waals surface area contributed by atoms with Crippen molar-refractivity contribution in [2.24, 2.45) is 5.10 Å². The van der Waals surface area contributed by atoms with Crippen LogP contribution in [-0.2, 0) is 16.1 Å². The minimum Gasteiger partial charge on any atom is -0.497 e. The summed E-state index contributed by atoms with van der Waals surface area (Å²) in [7, 11) is 1.65. The fourth-order valence-corrected chi connectivity index (χ4v) is 5.95. The zero-order valence-electron chi connectivity index (χ0n) is 22.4. The van der Waals surface area contributed by atoms with E-state index < -0.39 is 0 Å². The van der Waals surface area contributed by atoms with Crippen LogP contribution in [-0.4, -0.2) is 70.7 Å². The van der Waals surface area contributed by atoms with Crippen LogP contribution in [0.4, 0.5) is 0 Å². The number of ether oxygens (including phenoxy) is 2.